The third-order valence-corrected chi connectivity index (χ3v) is 4.99. The highest BCUT2D eigenvalue weighted by atomic mass is 32.1. The number of amides is 1. The van der Waals surface area contributed by atoms with E-state index in [1.807, 2.05) is 19.1 Å². The number of aromatic nitrogens is 2. The second-order valence-electron chi connectivity index (χ2n) is 7.04. The number of hydrogen-bond acceptors (Lipinski definition) is 7. The van der Waals surface area contributed by atoms with Gasteiger partial charge in [-0.1, -0.05) is 6.07 Å². The minimum absolute atomic E-state index is 0.0696. The fourth-order valence-corrected chi connectivity index (χ4v) is 3.31. The van der Waals surface area contributed by atoms with E-state index in [0.29, 0.717) is 28.4 Å². The Bertz CT molecular complexity index is 1350. The lowest BCUT2D eigenvalue weighted by atomic mass is 10.1. The molecule has 0 bridgehead atoms. The molecule has 0 saturated carbocycles. The van der Waals surface area contributed by atoms with Crippen LogP contribution in [0.5, 0.6) is 0 Å². The summed E-state index contributed by atoms with van der Waals surface area (Å²) in [5, 5.41) is 16.7. The number of benzene rings is 2. The number of pyridine rings is 1. The summed E-state index contributed by atoms with van der Waals surface area (Å²) in [7, 11) is 0. The molecule has 2 aromatic heterocycles. The summed E-state index contributed by atoms with van der Waals surface area (Å²) in [6.45, 7) is 3.48. The summed E-state index contributed by atoms with van der Waals surface area (Å²) in [6.07, 6.45) is 1.65. The smallest absolute Gasteiger partial charge is 0.273 e. The van der Waals surface area contributed by atoms with Crippen LogP contribution in [-0.4, -0.2) is 25.9 Å². The molecule has 0 aliphatic carbocycles. The average molecular weight is 447 g/mol. The summed E-state index contributed by atoms with van der Waals surface area (Å²) in [6, 6.07) is 13.3. The molecule has 0 atom stereocenters. The fourth-order valence-electron chi connectivity index (χ4n) is 3.11. The van der Waals surface area contributed by atoms with Crippen LogP contribution in [0.2, 0.25) is 0 Å². The van der Waals surface area contributed by atoms with Crippen LogP contribution in [-0.2, 0) is 0 Å². The van der Waals surface area contributed by atoms with Gasteiger partial charge in [0.1, 0.15) is 0 Å². The van der Waals surface area contributed by atoms with Crippen LogP contribution >= 0.6 is 12.2 Å². The van der Waals surface area contributed by atoms with Gasteiger partial charge in [0.25, 0.3) is 11.6 Å². The van der Waals surface area contributed by atoms with Crippen molar-refractivity contribution in [2.75, 3.05) is 5.32 Å². The lowest BCUT2D eigenvalue weighted by Gasteiger charge is -2.12. The van der Waals surface area contributed by atoms with Crippen molar-refractivity contribution in [2.45, 2.75) is 13.8 Å². The van der Waals surface area contributed by atoms with Crippen LogP contribution in [0.4, 0.5) is 11.4 Å². The largest absolute Gasteiger partial charge is 0.434 e. The Labute approximate surface area is 187 Å². The zero-order valence-corrected chi connectivity index (χ0v) is 17.9. The molecule has 0 aliphatic rings. The lowest BCUT2D eigenvalue weighted by molar-refractivity contribution is -0.385. The Morgan fingerprint density at radius 3 is 2.66 bits per heavy atom. The Balaban J connectivity index is 1.47. The van der Waals surface area contributed by atoms with Crippen LogP contribution in [0, 0.1) is 24.0 Å². The molecule has 2 N–H and O–H groups in total. The van der Waals surface area contributed by atoms with E-state index >= 15 is 0 Å². The summed E-state index contributed by atoms with van der Waals surface area (Å²) >= 11 is 5.24. The van der Waals surface area contributed by atoms with Crippen molar-refractivity contribution < 1.29 is 14.1 Å². The number of nitro groups is 1. The molecule has 1 amide bonds. The Morgan fingerprint density at radius 1 is 1.12 bits per heavy atom. The third-order valence-electron chi connectivity index (χ3n) is 4.78. The number of oxazole rings is 1. The van der Waals surface area contributed by atoms with Gasteiger partial charge >= 0.3 is 0 Å². The topological polar surface area (TPSA) is 123 Å². The Hall–Kier alpha value is -4.18. The first kappa shape index (κ1) is 21.1. The molecule has 32 heavy (non-hydrogen) atoms. The van der Waals surface area contributed by atoms with Crippen LogP contribution in [0.3, 0.4) is 0 Å². The number of nitrogens with zero attached hydrogens (tertiary/aromatic N) is 3. The number of rotatable bonds is 4. The van der Waals surface area contributed by atoms with E-state index in [9.17, 15) is 14.9 Å². The van der Waals surface area contributed by atoms with Gasteiger partial charge in [0, 0.05) is 34.6 Å². The van der Waals surface area contributed by atoms with E-state index < -0.39 is 10.8 Å². The van der Waals surface area contributed by atoms with Crippen molar-refractivity contribution in [1.82, 2.24) is 15.3 Å². The van der Waals surface area contributed by atoms with Crippen LogP contribution < -0.4 is 10.6 Å². The van der Waals surface area contributed by atoms with E-state index in [-0.39, 0.29) is 16.4 Å². The van der Waals surface area contributed by atoms with Gasteiger partial charge < -0.3 is 9.73 Å². The lowest BCUT2D eigenvalue weighted by Crippen LogP contribution is -2.34. The SMILES string of the molecule is Cc1cc(-c2nc3ncccc3o2)ccc1NC(=S)NC(=O)c1ccc(C)c([N+](=O)[O-])c1. The first-order valence-electron chi connectivity index (χ1n) is 9.52. The van der Waals surface area contributed by atoms with E-state index in [0.717, 1.165) is 11.1 Å². The van der Waals surface area contributed by atoms with Crippen LogP contribution in [0.15, 0.2) is 59.1 Å². The predicted octanol–water partition coefficient (Wildman–Crippen LogP) is 4.54. The normalized spacial score (nSPS) is 10.7. The molecule has 0 fully saturated rings. The maximum atomic E-state index is 12.5. The number of carbonyl (C=O) groups excluding carboxylic acids is 1. The van der Waals surface area contributed by atoms with Crippen LogP contribution in [0.1, 0.15) is 21.5 Å². The molecule has 4 rings (SSSR count). The third kappa shape index (κ3) is 4.30. The van der Waals surface area contributed by atoms with Crippen molar-refractivity contribution in [3.05, 3.63) is 81.5 Å². The zero-order chi connectivity index (χ0) is 22.8. The minimum atomic E-state index is -0.543. The molecule has 0 radical (unpaired) electrons. The Kier molecular flexibility index (Phi) is 5.61. The van der Waals surface area contributed by atoms with Gasteiger partial charge in [0.15, 0.2) is 16.3 Å². The fraction of sp³-hybridized carbons (Fsp3) is 0.0909. The summed E-state index contributed by atoms with van der Waals surface area (Å²) in [4.78, 5) is 31.6. The molecular formula is C22H17N5O4S. The molecule has 0 spiro atoms. The van der Waals surface area contributed by atoms with Crippen LogP contribution in [0.25, 0.3) is 22.7 Å². The van der Waals surface area contributed by atoms with Crippen molar-refractivity contribution in [1.29, 1.82) is 0 Å². The van der Waals surface area contributed by atoms with Gasteiger partial charge in [0.2, 0.25) is 5.89 Å². The average Bonchev–Trinajstić information content (AvgIpc) is 3.19. The number of carbonyl (C=O) groups is 1. The maximum Gasteiger partial charge on any atom is 0.273 e. The quantitative estimate of drug-likeness (QED) is 0.265. The molecular weight excluding hydrogens is 430 g/mol. The van der Waals surface area contributed by atoms with Crippen molar-refractivity contribution in [3.63, 3.8) is 0 Å². The molecule has 10 heteroatoms. The first-order valence-corrected chi connectivity index (χ1v) is 9.92. The van der Waals surface area contributed by atoms with Gasteiger partial charge in [-0.2, -0.15) is 4.98 Å². The van der Waals surface area contributed by atoms with Gasteiger partial charge in [-0.25, -0.2) is 4.98 Å². The van der Waals surface area contributed by atoms with Gasteiger partial charge in [-0.05, 0) is 68.0 Å². The van der Waals surface area contributed by atoms with Crippen molar-refractivity contribution in [3.8, 4) is 11.5 Å². The molecule has 4 aromatic rings. The number of nitrogens with one attached hydrogen (secondary N) is 2. The summed E-state index contributed by atoms with van der Waals surface area (Å²) < 4.78 is 5.74. The van der Waals surface area contributed by atoms with E-state index in [4.69, 9.17) is 16.6 Å². The highest BCUT2D eigenvalue weighted by Gasteiger charge is 2.16. The molecule has 0 unspecified atom stereocenters. The summed E-state index contributed by atoms with van der Waals surface area (Å²) in [5.41, 5.74) is 3.92. The summed E-state index contributed by atoms with van der Waals surface area (Å²) in [5.74, 6) is -0.0935. The van der Waals surface area contributed by atoms with Gasteiger partial charge in [0.05, 0.1) is 4.92 Å². The highest BCUT2D eigenvalue weighted by Crippen LogP contribution is 2.27. The first-order chi connectivity index (χ1) is 15.3. The molecule has 9 nitrogen and oxygen atoms in total. The van der Waals surface area contributed by atoms with E-state index in [1.165, 1.54) is 18.2 Å². The monoisotopic (exact) mass is 447 g/mol. The molecule has 0 saturated heterocycles. The van der Waals surface area contributed by atoms with Crippen molar-refractivity contribution in [2.24, 2.45) is 0 Å². The predicted molar refractivity (Wildman–Crippen MR) is 123 cm³/mol. The number of fused-ring (bicyclic) bond motifs is 1. The zero-order valence-electron chi connectivity index (χ0n) is 17.1. The maximum absolute atomic E-state index is 12.5. The van der Waals surface area contributed by atoms with E-state index in [2.05, 4.69) is 20.6 Å². The standard InChI is InChI=1S/C22H17N5O4S/c1-12-5-6-14(11-17(12)27(29)30)20(28)26-22(32)24-16-8-7-15(10-13(16)2)21-25-19-18(31-21)4-3-9-23-19/h3-11H,1-2H3,(H2,24,26,28,32). The second-order valence-corrected chi connectivity index (χ2v) is 7.45. The number of aryl methyl sites for hydroxylation is 2. The molecule has 2 aromatic carbocycles. The molecule has 2 heterocycles. The number of hydrogen-bond donors (Lipinski definition) is 2. The molecule has 160 valence electrons. The van der Waals surface area contributed by atoms with E-state index in [1.54, 1.807) is 31.3 Å². The number of nitro benzene ring substituents is 1. The molecule has 0 aliphatic heterocycles. The Morgan fingerprint density at radius 2 is 1.94 bits per heavy atom. The number of anilines is 1. The van der Waals surface area contributed by atoms with Gasteiger partial charge in [-0.15, -0.1) is 0 Å². The van der Waals surface area contributed by atoms with Gasteiger partial charge in [-0.3, -0.25) is 20.2 Å². The van der Waals surface area contributed by atoms with Crippen molar-refractivity contribution >= 4 is 45.8 Å². The minimum Gasteiger partial charge on any atom is -0.434 e. The second kappa shape index (κ2) is 8.52. The highest BCUT2D eigenvalue weighted by molar-refractivity contribution is 7.80. The number of thiocarbonyl (C=S) groups is 1.